The van der Waals surface area contributed by atoms with Crippen molar-refractivity contribution in [2.24, 2.45) is 0 Å². The summed E-state index contributed by atoms with van der Waals surface area (Å²) in [5.74, 6) is 0.117. The number of carbonyl (C=O) groups excluding carboxylic acids is 1. The van der Waals surface area contributed by atoms with Crippen LogP contribution in [0.15, 0.2) is 54.7 Å². The first kappa shape index (κ1) is 20.6. The number of hydrogen-bond donors (Lipinski definition) is 1. The summed E-state index contributed by atoms with van der Waals surface area (Å²) in [4.78, 5) is 20.9. The lowest BCUT2D eigenvalue weighted by molar-refractivity contribution is 0.102. The van der Waals surface area contributed by atoms with Gasteiger partial charge in [0, 0.05) is 17.8 Å². The standard InChI is InChI=1S/C21H20ClN3O4/c1-27-17-11-15(13-29-12-14-7-4-3-5-8-14)18(21(24-17)28-2)25-20(26)16-9-6-10-23-19(16)22/h3-11H,12-13H2,1-2H3,(H,25,26). The lowest BCUT2D eigenvalue weighted by Crippen LogP contribution is -2.16. The van der Waals surface area contributed by atoms with Crippen molar-refractivity contribution in [3.63, 3.8) is 0 Å². The first-order valence-electron chi connectivity index (χ1n) is 8.77. The van der Waals surface area contributed by atoms with E-state index in [0.717, 1.165) is 5.56 Å². The molecule has 0 radical (unpaired) electrons. The van der Waals surface area contributed by atoms with Crippen molar-refractivity contribution in [3.8, 4) is 11.8 Å². The normalized spacial score (nSPS) is 10.4. The molecule has 8 heteroatoms. The Morgan fingerprint density at radius 3 is 2.55 bits per heavy atom. The van der Waals surface area contributed by atoms with E-state index < -0.39 is 5.91 Å². The maximum Gasteiger partial charge on any atom is 0.258 e. The first-order chi connectivity index (χ1) is 14.1. The third-order valence-corrected chi connectivity index (χ3v) is 4.36. The van der Waals surface area contributed by atoms with Crippen LogP contribution in [0.3, 0.4) is 0 Å². The fourth-order valence-electron chi connectivity index (χ4n) is 2.64. The Balaban J connectivity index is 1.85. The minimum atomic E-state index is -0.433. The molecule has 3 rings (SSSR count). The Hall–Kier alpha value is -3.16. The Bertz CT molecular complexity index is 983. The summed E-state index contributed by atoms with van der Waals surface area (Å²) in [6.45, 7) is 0.621. The minimum Gasteiger partial charge on any atom is -0.481 e. The van der Waals surface area contributed by atoms with Crippen LogP contribution in [0.2, 0.25) is 5.15 Å². The van der Waals surface area contributed by atoms with E-state index in [2.05, 4.69) is 15.3 Å². The van der Waals surface area contributed by atoms with Gasteiger partial charge < -0.3 is 19.5 Å². The van der Waals surface area contributed by atoms with E-state index >= 15 is 0 Å². The van der Waals surface area contributed by atoms with E-state index in [1.165, 1.54) is 20.4 Å². The number of pyridine rings is 2. The predicted octanol–water partition coefficient (Wildman–Crippen LogP) is 4.12. The van der Waals surface area contributed by atoms with Gasteiger partial charge in [0.2, 0.25) is 11.8 Å². The molecule has 2 heterocycles. The van der Waals surface area contributed by atoms with Gasteiger partial charge in [0.1, 0.15) is 10.8 Å². The molecule has 1 amide bonds. The quantitative estimate of drug-likeness (QED) is 0.559. The Morgan fingerprint density at radius 2 is 1.86 bits per heavy atom. The molecule has 29 heavy (non-hydrogen) atoms. The Labute approximate surface area is 173 Å². The third-order valence-electron chi connectivity index (χ3n) is 4.06. The number of carbonyl (C=O) groups is 1. The monoisotopic (exact) mass is 413 g/mol. The molecule has 7 nitrogen and oxygen atoms in total. The van der Waals surface area contributed by atoms with Gasteiger partial charge in [-0.3, -0.25) is 4.79 Å². The van der Waals surface area contributed by atoms with Gasteiger partial charge in [-0.2, -0.15) is 4.98 Å². The highest BCUT2D eigenvalue weighted by molar-refractivity contribution is 6.33. The van der Waals surface area contributed by atoms with Crippen LogP contribution in [0.5, 0.6) is 11.8 Å². The van der Waals surface area contributed by atoms with Gasteiger partial charge in [-0.1, -0.05) is 41.9 Å². The molecule has 1 N–H and O–H groups in total. The van der Waals surface area contributed by atoms with Crippen LogP contribution in [0.4, 0.5) is 5.69 Å². The number of nitrogens with zero attached hydrogens (tertiary/aromatic N) is 2. The number of methoxy groups -OCH3 is 2. The lowest BCUT2D eigenvalue weighted by atomic mass is 10.2. The van der Waals surface area contributed by atoms with Crippen molar-refractivity contribution in [3.05, 3.63) is 76.6 Å². The summed E-state index contributed by atoms with van der Waals surface area (Å²) in [6, 6.07) is 14.7. The maximum atomic E-state index is 12.7. The smallest absolute Gasteiger partial charge is 0.258 e. The van der Waals surface area contributed by atoms with Crippen LogP contribution in [-0.4, -0.2) is 30.1 Å². The molecular weight excluding hydrogens is 394 g/mol. The van der Waals surface area contributed by atoms with Crippen LogP contribution >= 0.6 is 11.6 Å². The molecule has 0 atom stereocenters. The third kappa shape index (κ3) is 5.22. The molecule has 0 bridgehead atoms. The molecular formula is C21H20ClN3O4. The average Bonchev–Trinajstić information content (AvgIpc) is 2.75. The molecule has 0 aliphatic rings. The van der Waals surface area contributed by atoms with Crippen molar-refractivity contribution in [1.29, 1.82) is 0 Å². The van der Waals surface area contributed by atoms with Crippen molar-refractivity contribution in [2.45, 2.75) is 13.2 Å². The van der Waals surface area contributed by atoms with Crippen LogP contribution < -0.4 is 14.8 Å². The van der Waals surface area contributed by atoms with E-state index in [-0.39, 0.29) is 23.2 Å². The fourth-order valence-corrected chi connectivity index (χ4v) is 2.84. The number of nitrogens with one attached hydrogen (secondary N) is 1. The number of benzene rings is 1. The summed E-state index contributed by atoms with van der Waals surface area (Å²) in [6.07, 6.45) is 1.51. The molecule has 150 valence electrons. The number of amides is 1. The number of ether oxygens (including phenoxy) is 3. The summed E-state index contributed by atoms with van der Waals surface area (Å²) in [7, 11) is 2.97. The Morgan fingerprint density at radius 1 is 1.07 bits per heavy atom. The topological polar surface area (TPSA) is 82.6 Å². The second-order valence-electron chi connectivity index (χ2n) is 5.98. The molecule has 0 aliphatic heterocycles. The molecule has 1 aromatic carbocycles. The van der Waals surface area contributed by atoms with E-state index in [0.29, 0.717) is 23.7 Å². The second kappa shape index (κ2) is 9.86. The van der Waals surface area contributed by atoms with E-state index in [1.54, 1.807) is 18.2 Å². The molecule has 0 fully saturated rings. The van der Waals surface area contributed by atoms with E-state index in [1.807, 2.05) is 30.3 Å². The van der Waals surface area contributed by atoms with Gasteiger partial charge in [-0.05, 0) is 17.7 Å². The highest BCUT2D eigenvalue weighted by Gasteiger charge is 2.19. The number of rotatable bonds is 8. The lowest BCUT2D eigenvalue weighted by Gasteiger charge is -2.16. The van der Waals surface area contributed by atoms with Crippen molar-refractivity contribution < 1.29 is 19.0 Å². The molecule has 0 saturated carbocycles. The number of hydrogen-bond acceptors (Lipinski definition) is 6. The van der Waals surface area contributed by atoms with Gasteiger partial charge in [0.25, 0.3) is 5.91 Å². The summed E-state index contributed by atoms with van der Waals surface area (Å²) >= 11 is 6.03. The Kier molecular flexibility index (Phi) is 6.99. The largest absolute Gasteiger partial charge is 0.481 e. The van der Waals surface area contributed by atoms with Gasteiger partial charge in [-0.15, -0.1) is 0 Å². The number of anilines is 1. The summed E-state index contributed by atoms with van der Waals surface area (Å²) < 4.78 is 16.4. The number of aromatic nitrogens is 2. The van der Waals surface area contributed by atoms with Crippen LogP contribution in [0.25, 0.3) is 0 Å². The number of halogens is 1. The fraction of sp³-hybridized carbons (Fsp3) is 0.190. The highest BCUT2D eigenvalue weighted by Crippen LogP contribution is 2.31. The molecule has 0 saturated heterocycles. The van der Waals surface area contributed by atoms with Gasteiger partial charge >= 0.3 is 0 Å². The van der Waals surface area contributed by atoms with Gasteiger partial charge in [-0.25, -0.2) is 4.98 Å². The second-order valence-corrected chi connectivity index (χ2v) is 6.34. The van der Waals surface area contributed by atoms with Gasteiger partial charge in [0.15, 0.2) is 0 Å². The minimum absolute atomic E-state index is 0.104. The van der Waals surface area contributed by atoms with E-state index in [9.17, 15) is 4.79 Å². The SMILES string of the molecule is COc1cc(COCc2ccccc2)c(NC(=O)c2cccnc2Cl)c(OC)n1. The van der Waals surface area contributed by atoms with Crippen LogP contribution in [0, 0.1) is 0 Å². The molecule has 3 aromatic rings. The highest BCUT2D eigenvalue weighted by atomic mass is 35.5. The molecule has 0 unspecified atom stereocenters. The van der Waals surface area contributed by atoms with Crippen molar-refractivity contribution >= 4 is 23.2 Å². The zero-order chi connectivity index (χ0) is 20.6. The molecule has 0 aliphatic carbocycles. The van der Waals surface area contributed by atoms with Crippen LogP contribution in [-0.2, 0) is 18.0 Å². The predicted molar refractivity (Wildman–Crippen MR) is 109 cm³/mol. The van der Waals surface area contributed by atoms with Gasteiger partial charge in [0.05, 0.1) is 33.0 Å². The molecule has 0 spiro atoms. The maximum absolute atomic E-state index is 12.7. The average molecular weight is 414 g/mol. The zero-order valence-electron chi connectivity index (χ0n) is 16.0. The van der Waals surface area contributed by atoms with Crippen LogP contribution in [0.1, 0.15) is 21.5 Å². The van der Waals surface area contributed by atoms with Crippen molar-refractivity contribution in [2.75, 3.05) is 19.5 Å². The summed E-state index contributed by atoms with van der Waals surface area (Å²) in [5.41, 5.74) is 2.31. The summed E-state index contributed by atoms with van der Waals surface area (Å²) in [5, 5.41) is 2.90. The van der Waals surface area contributed by atoms with E-state index in [4.69, 9.17) is 25.8 Å². The van der Waals surface area contributed by atoms with Crippen molar-refractivity contribution in [1.82, 2.24) is 9.97 Å². The first-order valence-corrected chi connectivity index (χ1v) is 9.15. The molecule has 2 aromatic heterocycles. The zero-order valence-corrected chi connectivity index (χ0v) is 16.8.